The Morgan fingerprint density at radius 2 is 2.14 bits per heavy atom. The second-order valence-electron chi connectivity index (χ2n) is 5.14. The Bertz CT molecular complexity index is 849. The highest BCUT2D eigenvalue weighted by molar-refractivity contribution is 5.93. The van der Waals surface area contributed by atoms with Crippen molar-refractivity contribution in [2.75, 3.05) is 6.61 Å². The van der Waals surface area contributed by atoms with Crippen molar-refractivity contribution in [2.45, 2.75) is 6.42 Å². The van der Waals surface area contributed by atoms with Crippen LogP contribution in [0.15, 0.2) is 49.0 Å². The van der Waals surface area contributed by atoms with Gasteiger partial charge in [0, 0.05) is 35.3 Å². The first-order valence-corrected chi connectivity index (χ1v) is 6.89. The van der Waals surface area contributed by atoms with Gasteiger partial charge in [-0.2, -0.15) is 0 Å². The molecule has 3 heterocycles. The Morgan fingerprint density at radius 1 is 1.19 bits per heavy atom. The first kappa shape index (κ1) is 12.0. The standard InChI is InChI=1S/C17H14N2O2/c20-14-3-1-2-11(6-14)13-7-15-16(12-4-5-21-10-12)9-19-17(15)18-8-13/h1-3,6-10,20H,4-5H2,(H,18,19). The number of phenolic OH excluding ortho intramolecular Hbond substituents is 1. The Morgan fingerprint density at radius 3 is 2.95 bits per heavy atom. The maximum absolute atomic E-state index is 9.62. The second kappa shape index (κ2) is 4.66. The van der Waals surface area contributed by atoms with Gasteiger partial charge in [0.15, 0.2) is 0 Å². The number of aromatic nitrogens is 2. The molecule has 4 nitrogen and oxygen atoms in total. The molecule has 0 amide bonds. The highest BCUT2D eigenvalue weighted by atomic mass is 16.5. The van der Waals surface area contributed by atoms with Crippen LogP contribution < -0.4 is 0 Å². The molecule has 0 saturated heterocycles. The lowest BCUT2D eigenvalue weighted by Crippen LogP contribution is -1.84. The summed E-state index contributed by atoms with van der Waals surface area (Å²) in [6.45, 7) is 0.738. The largest absolute Gasteiger partial charge is 0.508 e. The molecule has 0 fully saturated rings. The van der Waals surface area contributed by atoms with Crippen molar-refractivity contribution in [2.24, 2.45) is 0 Å². The summed E-state index contributed by atoms with van der Waals surface area (Å²) in [4.78, 5) is 7.67. The van der Waals surface area contributed by atoms with E-state index in [0.29, 0.717) is 0 Å². The van der Waals surface area contributed by atoms with Gasteiger partial charge < -0.3 is 14.8 Å². The molecule has 0 spiro atoms. The smallest absolute Gasteiger partial charge is 0.137 e. The Labute approximate surface area is 121 Å². The molecule has 0 radical (unpaired) electrons. The SMILES string of the molecule is Oc1cccc(-c2cnc3[nH]cc(C4=COCC4)c3c2)c1. The van der Waals surface area contributed by atoms with Crippen LogP contribution in [0.4, 0.5) is 0 Å². The summed E-state index contributed by atoms with van der Waals surface area (Å²) < 4.78 is 5.33. The maximum atomic E-state index is 9.62. The minimum atomic E-state index is 0.258. The molecular formula is C17H14N2O2. The van der Waals surface area contributed by atoms with Gasteiger partial charge in [0.1, 0.15) is 11.4 Å². The summed E-state index contributed by atoms with van der Waals surface area (Å²) >= 11 is 0. The highest BCUT2D eigenvalue weighted by Crippen LogP contribution is 2.32. The lowest BCUT2D eigenvalue weighted by Gasteiger charge is -2.03. The number of H-pyrrole nitrogens is 1. The van der Waals surface area contributed by atoms with Gasteiger partial charge in [-0.25, -0.2) is 4.98 Å². The third-order valence-corrected chi connectivity index (χ3v) is 3.77. The summed E-state index contributed by atoms with van der Waals surface area (Å²) in [7, 11) is 0. The van der Waals surface area contributed by atoms with E-state index in [1.807, 2.05) is 30.8 Å². The summed E-state index contributed by atoms with van der Waals surface area (Å²) in [6, 6.07) is 9.31. The number of pyridine rings is 1. The minimum absolute atomic E-state index is 0.258. The molecule has 21 heavy (non-hydrogen) atoms. The number of fused-ring (bicyclic) bond motifs is 1. The third-order valence-electron chi connectivity index (χ3n) is 3.77. The summed E-state index contributed by atoms with van der Waals surface area (Å²) in [6.07, 6.45) is 6.54. The molecular weight excluding hydrogens is 264 g/mol. The number of aromatic amines is 1. The third kappa shape index (κ3) is 2.05. The van der Waals surface area contributed by atoms with Crippen LogP contribution in [0, 0.1) is 0 Å². The summed E-state index contributed by atoms with van der Waals surface area (Å²) in [5.41, 5.74) is 5.13. The van der Waals surface area contributed by atoms with Gasteiger partial charge in [0.05, 0.1) is 12.9 Å². The number of aromatic hydroxyl groups is 1. The van der Waals surface area contributed by atoms with Gasteiger partial charge in [0.25, 0.3) is 0 Å². The van der Waals surface area contributed by atoms with Crippen LogP contribution >= 0.6 is 0 Å². The molecule has 104 valence electrons. The number of nitrogens with zero attached hydrogens (tertiary/aromatic N) is 1. The van der Waals surface area contributed by atoms with E-state index in [2.05, 4.69) is 16.0 Å². The van der Waals surface area contributed by atoms with Gasteiger partial charge in [-0.1, -0.05) is 12.1 Å². The number of hydrogen-bond acceptors (Lipinski definition) is 3. The van der Waals surface area contributed by atoms with E-state index in [-0.39, 0.29) is 5.75 Å². The molecule has 0 bridgehead atoms. The normalized spacial score (nSPS) is 14.2. The number of phenols is 1. The van der Waals surface area contributed by atoms with Crippen LogP contribution in [0.25, 0.3) is 27.7 Å². The lowest BCUT2D eigenvalue weighted by atomic mass is 10.0. The van der Waals surface area contributed by atoms with E-state index in [0.717, 1.165) is 40.8 Å². The molecule has 0 unspecified atom stereocenters. The van der Waals surface area contributed by atoms with E-state index in [9.17, 15) is 5.11 Å². The summed E-state index contributed by atoms with van der Waals surface area (Å²) in [5.74, 6) is 0.258. The molecule has 4 heteroatoms. The number of rotatable bonds is 2. The van der Waals surface area contributed by atoms with Crippen LogP contribution in [0.5, 0.6) is 5.75 Å². The Hall–Kier alpha value is -2.75. The molecule has 2 aromatic heterocycles. The molecule has 1 aromatic carbocycles. The van der Waals surface area contributed by atoms with Crippen molar-refractivity contribution in [3.05, 3.63) is 54.6 Å². The fourth-order valence-corrected chi connectivity index (χ4v) is 2.70. The number of ether oxygens (including phenoxy) is 1. The zero-order valence-electron chi connectivity index (χ0n) is 11.3. The first-order valence-electron chi connectivity index (χ1n) is 6.89. The molecule has 0 atom stereocenters. The van der Waals surface area contributed by atoms with E-state index in [1.54, 1.807) is 12.1 Å². The first-order chi connectivity index (χ1) is 10.3. The summed E-state index contributed by atoms with van der Waals surface area (Å²) in [5, 5.41) is 10.7. The van der Waals surface area contributed by atoms with Crippen molar-refractivity contribution in [1.82, 2.24) is 9.97 Å². The molecule has 1 aliphatic heterocycles. The van der Waals surface area contributed by atoms with Gasteiger partial charge in [-0.05, 0) is 29.3 Å². The highest BCUT2D eigenvalue weighted by Gasteiger charge is 2.14. The van der Waals surface area contributed by atoms with Crippen molar-refractivity contribution in [3.63, 3.8) is 0 Å². The Balaban J connectivity index is 1.87. The van der Waals surface area contributed by atoms with Crippen molar-refractivity contribution >= 4 is 16.6 Å². The molecule has 3 aromatic rings. The molecule has 0 saturated carbocycles. The number of nitrogens with one attached hydrogen (secondary N) is 1. The Kier molecular flexibility index (Phi) is 2.67. The quantitative estimate of drug-likeness (QED) is 0.751. The lowest BCUT2D eigenvalue weighted by molar-refractivity contribution is 0.281. The van der Waals surface area contributed by atoms with Crippen LogP contribution in [0.3, 0.4) is 0 Å². The number of benzene rings is 1. The van der Waals surface area contributed by atoms with E-state index in [4.69, 9.17) is 4.74 Å². The maximum Gasteiger partial charge on any atom is 0.137 e. The van der Waals surface area contributed by atoms with Gasteiger partial charge in [-0.3, -0.25) is 0 Å². The van der Waals surface area contributed by atoms with Crippen molar-refractivity contribution in [3.8, 4) is 16.9 Å². The predicted octanol–water partition coefficient (Wildman–Crippen LogP) is 3.70. The van der Waals surface area contributed by atoms with E-state index >= 15 is 0 Å². The molecule has 0 aliphatic carbocycles. The minimum Gasteiger partial charge on any atom is -0.508 e. The van der Waals surface area contributed by atoms with Gasteiger partial charge in [-0.15, -0.1) is 0 Å². The zero-order chi connectivity index (χ0) is 14.2. The number of hydrogen-bond donors (Lipinski definition) is 2. The fourth-order valence-electron chi connectivity index (χ4n) is 2.70. The molecule has 2 N–H and O–H groups in total. The fraction of sp³-hybridized carbons (Fsp3) is 0.118. The molecule has 4 rings (SSSR count). The van der Waals surface area contributed by atoms with E-state index in [1.165, 1.54) is 5.57 Å². The van der Waals surface area contributed by atoms with Crippen LogP contribution in [-0.2, 0) is 4.74 Å². The monoisotopic (exact) mass is 278 g/mol. The second-order valence-corrected chi connectivity index (χ2v) is 5.14. The van der Waals surface area contributed by atoms with Gasteiger partial charge >= 0.3 is 0 Å². The topological polar surface area (TPSA) is 58.1 Å². The van der Waals surface area contributed by atoms with E-state index < -0.39 is 0 Å². The zero-order valence-corrected chi connectivity index (χ0v) is 11.3. The average molecular weight is 278 g/mol. The molecule has 1 aliphatic rings. The predicted molar refractivity (Wildman–Crippen MR) is 81.7 cm³/mol. The van der Waals surface area contributed by atoms with Crippen LogP contribution in [0.2, 0.25) is 0 Å². The van der Waals surface area contributed by atoms with Gasteiger partial charge in [0.2, 0.25) is 0 Å². The average Bonchev–Trinajstić information content (AvgIpc) is 3.15. The van der Waals surface area contributed by atoms with Crippen molar-refractivity contribution in [1.29, 1.82) is 0 Å². The van der Waals surface area contributed by atoms with Crippen LogP contribution in [0.1, 0.15) is 12.0 Å². The van der Waals surface area contributed by atoms with Crippen LogP contribution in [-0.4, -0.2) is 21.7 Å². The van der Waals surface area contributed by atoms with Crippen molar-refractivity contribution < 1.29 is 9.84 Å².